The Labute approximate surface area is 153 Å². The van der Waals surface area contributed by atoms with E-state index in [4.69, 9.17) is 9.47 Å². The lowest BCUT2D eigenvalue weighted by Gasteiger charge is -2.13. The van der Waals surface area contributed by atoms with Gasteiger partial charge >= 0.3 is 0 Å². The Balaban J connectivity index is 2.36. The monoisotopic (exact) mass is 378 g/mol. The number of benzene rings is 2. The molecule has 0 aliphatic carbocycles. The van der Waals surface area contributed by atoms with Crippen molar-refractivity contribution in [3.05, 3.63) is 47.5 Å². The van der Waals surface area contributed by atoms with Crippen molar-refractivity contribution in [3.8, 4) is 11.5 Å². The molecular formula is C18H22N2O5S. The van der Waals surface area contributed by atoms with Gasteiger partial charge in [0.15, 0.2) is 11.5 Å². The predicted octanol–water partition coefficient (Wildman–Crippen LogP) is 2.56. The second-order valence-electron chi connectivity index (χ2n) is 5.51. The first kappa shape index (κ1) is 19.6. The summed E-state index contributed by atoms with van der Waals surface area (Å²) in [4.78, 5) is 12.1. The fraction of sp³-hybridized carbons (Fsp3) is 0.278. The number of hydrogen-bond acceptors (Lipinski definition) is 5. The van der Waals surface area contributed by atoms with Crippen molar-refractivity contribution in [2.45, 2.75) is 18.7 Å². The van der Waals surface area contributed by atoms with Gasteiger partial charge in [-0.2, -0.15) is 0 Å². The van der Waals surface area contributed by atoms with E-state index >= 15 is 0 Å². The van der Waals surface area contributed by atoms with Crippen LogP contribution < -0.4 is 19.5 Å². The maximum absolute atomic E-state index is 12.7. The minimum atomic E-state index is -3.87. The van der Waals surface area contributed by atoms with Crippen LogP contribution in [0.1, 0.15) is 22.8 Å². The topological polar surface area (TPSA) is 93.7 Å². The molecule has 7 nitrogen and oxygen atoms in total. The van der Waals surface area contributed by atoms with Gasteiger partial charge in [0.1, 0.15) is 0 Å². The predicted molar refractivity (Wildman–Crippen MR) is 99.5 cm³/mol. The van der Waals surface area contributed by atoms with Crippen LogP contribution in [0.5, 0.6) is 11.5 Å². The molecule has 2 N–H and O–H groups in total. The molecule has 0 atom stereocenters. The SMILES string of the molecule is CCNC(=O)c1cc(S(=O)(=O)Nc2ccc(OC)c(OC)c2)ccc1C. The third kappa shape index (κ3) is 4.26. The number of ether oxygens (including phenoxy) is 2. The number of carbonyl (C=O) groups excluding carboxylic acids is 1. The molecule has 0 heterocycles. The molecule has 1 amide bonds. The Bertz CT molecular complexity index is 910. The van der Waals surface area contributed by atoms with Gasteiger partial charge in [-0.3, -0.25) is 9.52 Å². The maximum atomic E-state index is 12.7. The molecule has 140 valence electrons. The molecular weight excluding hydrogens is 356 g/mol. The second-order valence-corrected chi connectivity index (χ2v) is 7.19. The number of rotatable bonds is 7. The summed E-state index contributed by atoms with van der Waals surface area (Å²) in [5.41, 5.74) is 1.34. The van der Waals surface area contributed by atoms with E-state index < -0.39 is 10.0 Å². The van der Waals surface area contributed by atoms with E-state index in [0.29, 0.717) is 34.9 Å². The van der Waals surface area contributed by atoms with E-state index in [0.717, 1.165) is 0 Å². The third-order valence-corrected chi connectivity index (χ3v) is 5.12. The zero-order chi connectivity index (χ0) is 19.3. The van der Waals surface area contributed by atoms with E-state index in [1.54, 1.807) is 32.0 Å². The molecule has 2 rings (SSSR count). The third-order valence-electron chi connectivity index (χ3n) is 3.74. The molecule has 0 bridgehead atoms. The first-order chi connectivity index (χ1) is 12.3. The van der Waals surface area contributed by atoms with Crippen molar-refractivity contribution >= 4 is 21.6 Å². The van der Waals surface area contributed by atoms with Crippen LogP contribution in [-0.2, 0) is 10.0 Å². The van der Waals surface area contributed by atoms with E-state index in [2.05, 4.69) is 10.0 Å². The molecule has 2 aromatic rings. The summed E-state index contributed by atoms with van der Waals surface area (Å²) in [5, 5.41) is 2.67. The van der Waals surface area contributed by atoms with Crippen molar-refractivity contribution < 1.29 is 22.7 Å². The molecule has 0 spiro atoms. The summed E-state index contributed by atoms with van der Waals surface area (Å²) >= 11 is 0. The van der Waals surface area contributed by atoms with Crippen LogP contribution in [0.3, 0.4) is 0 Å². The number of methoxy groups -OCH3 is 2. The largest absolute Gasteiger partial charge is 0.493 e. The molecule has 0 saturated heterocycles. The Hall–Kier alpha value is -2.74. The summed E-state index contributed by atoms with van der Waals surface area (Å²) in [7, 11) is -0.908. The van der Waals surface area contributed by atoms with Gasteiger partial charge in [-0.15, -0.1) is 0 Å². The van der Waals surface area contributed by atoms with Gasteiger partial charge in [0, 0.05) is 18.2 Å². The quantitative estimate of drug-likeness (QED) is 0.772. The summed E-state index contributed by atoms with van der Waals surface area (Å²) in [6, 6.07) is 9.12. The van der Waals surface area contributed by atoms with Crippen molar-refractivity contribution in [1.82, 2.24) is 5.32 Å². The van der Waals surface area contributed by atoms with Crippen LogP contribution in [0.25, 0.3) is 0 Å². The molecule has 0 fully saturated rings. The van der Waals surface area contributed by atoms with Gasteiger partial charge in [0.2, 0.25) is 0 Å². The van der Waals surface area contributed by atoms with Crippen molar-refractivity contribution in [1.29, 1.82) is 0 Å². The first-order valence-corrected chi connectivity index (χ1v) is 9.44. The highest BCUT2D eigenvalue weighted by Crippen LogP contribution is 2.30. The van der Waals surface area contributed by atoms with E-state index in [1.807, 2.05) is 0 Å². The molecule has 26 heavy (non-hydrogen) atoms. The minimum Gasteiger partial charge on any atom is -0.493 e. The number of nitrogens with one attached hydrogen (secondary N) is 2. The van der Waals surface area contributed by atoms with Gasteiger partial charge < -0.3 is 14.8 Å². The number of anilines is 1. The zero-order valence-electron chi connectivity index (χ0n) is 15.1. The van der Waals surface area contributed by atoms with Crippen LogP contribution in [0.4, 0.5) is 5.69 Å². The molecule has 8 heteroatoms. The van der Waals surface area contributed by atoms with Gasteiger partial charge in [0.05, 0.1) is 24.8 Å². The zero-order valence-corrected chi connectivity index (χ0v) is 15.9. The molecule has 0 aromatic heterocycles. The highest BCUT2D eigenvalue weighted by molar-refractivity contribution is 7.92. The highest BCUT2D eigenvalue weighted by Gasteiger charge is 2.19. The Kier molecular flexibility index (Phi) is 6.10. The molecule has 0 radical (unpaired) electrons. The highest BCUT2D eigenvalue weighted by atomic mass is 32.2. The number of aryl methyl sites for hydroxylation is 1. The number of amides is 1. The van der Waals surface area contributed by atoms with Crippen molar-refractivity contribution in [3.63, 3.8) is 0 Å². The first-order valence-electron chi connectivity index (χ1n) is 7.96. The van der Waals surface area contributed by atoms with Crippen LogP contribution in [0.2, 0.25) is 0 Å². The van der Waals surface area contributed by atoms with Gasteiger partial charge in [0.25, 0.3) is 15.9 Å². The molecule has 0 unspecified atom stereocenters. The summed E-state index contributed by atoms with van der Waals surface area (Å²) < 4.78 is 38.2. The summed E-state index contributed by atoms with van der Waals surface area (Å²) in [6.07, 6.45) is 0. The summed E-state index contributed by atoms with van der Waals surface area (Å²) in [5.74, 6) is 0.581. The van der Waals surface area contributed by atoms with E-state index in [9.17, 15) is 13.2 Å². The van der Waals surface area contributed by atoms with Gasteiger partial charge in [-0.05, 0) is 43.7 Å². The average Bonchev–Trinajstić information content (AvgIpc) is 2.61. The van der Waals surface area contributed by atoms with Crippen LogP contribution in [0.15, 0.2) is 41.3 Å². The van der Waals surface area contributed by atoms with Gasteiger partial charge in [-0.25, -0.2) is 8.42 Å². The van der Waals surface area contributed by atoms with Crippen LogP contribution >= 0.6 is 0 Å². The Morgan fingerprint density at radius 2 is 1.73 bits per heavy atom. The normalized spacial score (nSPS) is 10.9. The molecule has 0 aliphatic rings. The average molecular weight is 378 g/mol. The lowest BCUT2D eigenvalue weighted by Crippen LogP contribution is -2.24. The molecule has 0 aliphatic heterocycles. The minimum absolute atomic E-state index is 0.000798. The molecule has 2 aromatic carbocycles. The standard InChI is InChI=1S/C18H22N2O5S/c1-5-19-18(21)15-11-14(8-6-12(15)2)26(22,23)20-13-7-9-16(24-3)17(10-13)25-4/h6-11,20H,5H2,1-4H3,(H,19,21). The number of carbonyl (C=O) groups is 1. The lowest BCUT2D eigenvalue weighted by atomic mass is 10.1. The molecule has 0 saturated carbocycles. The lowest BCUT2D eigenvalue weighted by molar-refractivity contribution is 0.0955. The fourth-order valence-electron chi connectivity index (χ4n) is 2.38. The number of hydrogen-bond donors (Lipinski definition) is 2. The fourth-order valence-corrected chi connectivity index (χ4v) is 3.46. The second kappa shape index (κ2) is 8.09. The maximum Gasteiger partial charge on any atom is 0.261 e. The van der Waals surface area contributed by atoms with Crippen molar-refractivity contribution in [2.24, 2.45) is 0 Å². The van der Waals surface area contributed by atoms with E-state index in [-0.39, 0.29) is 10.8 Å². The van der Waals surface area contributed by atoms with Crippen LogP contribution in [-0.4, -0.2) is 35.1 Å². The van der Waals surface area contributed by atoms with E-state index in [1.165, 1.54) is 32.4 Å². The Morgan fingerprint density at radius 3 is 2.35 bits per heavy atom. The van der Waals surface area contributed by atoms with Crippen LogP contribution in [0, 0.1) is 6.92 Å². The smallest absolute Gasteiger partial charge is 0.261 e. The Morgan fingerprint density at radius 1 is 1.04 bits per heavy atom. The summed E-state index contributed by atoms with van der Waals surface area (Å²) in [6.45, 7) is 4.01. The van der Waals surface area contributed by atoms with Crippen molar-refractivity contribution in [2.75, 3.05) is 25.5 Å². The number of sulfonamides is 1. The van der Waals surface area contributed by atoms with Gasteiger partial charge in [-0.1, -0.05) is 6.07 Å².